The van der Waals surface area contributed by atoms with Crippen molar-refractivity contribution in [2.45, 2.75) is 17.9 Å². The van der Waals surface area contributed by atoms with Crippen molar-refractivity contribution in [3.8, 4) is 0 Å². The second-order valence-corrected chi connectivity index (χ2v) is 8.20. The number of aryl methyl sites for hydroxylation is 1. The van der Waals surface area contributed by atoms with E-state index in [1.165, 1.54) is 0 Å². The average molecular weight is 412 g/mol. The van der Waals surface area contributed by atoms with Crippen LogP contribution in [0.3, 0.4) is 0 Å². The van der Waals surface area contributed by atoms with Gasteiger partial charge in [0.05, 0.1) is 29.6 Å². The second-order valence-electron chi connectivity index (χ2n) is 8.20. The van der Waals surface area contributed by atoms with E-state index in [1.807, 2.05) is 54.5 Å². The number of nitrogens with one attached hydrogen (secondary N) is 2. The number of likely N-dealkylation sites (tertiary alicyclic amines) is 1. The number of carbonyl (C=O) groups excluding carboxylic acids is 2. The maximum Gasteiger partial charge on any atom is 0.254 e. The summed E-state index contributed by atoms with van der Waals surface area (Å²) in [5, 5.41) is 7.37. The van der Waals surface area contributed by atoms with Crippen molar-refractivity contribution in [1.82, 2.24) is 24.6 Å². The minimum absolute atomic E-state index is 0.0677. The van der Waals surface area contributed by atoms with E-state index in [1.54, 1.807) is 23.3 Å². The number of aromatic nitrogens is 4. The van der Waals surface area contributed by atoms with E-state index in [-0.39, 0.29) is 11.8 Å². The molecule has 1 saturated heterocycles. The van der Waals surface area contributed by atoms with Crippen molar-refractivity contribution < 1.29 is 9.59 Å². The van der Waals surface area contributed by atoms with Crippen LogP contribution in [0.1, 0.15) is 33.9 Å². The van der Waals surface area contributed by atoms with E-state index < -0.39 is 11.5 Å². The van der Waals surface area contributed by atoms with Crippen molar-refractivity contribution in [3.05, 3.63) is 77.9 Å². The van der Waals surface area contributed by atoms with Gasteiger partial charge >= 0.3 is 0 Å². The van der Waals surface area contributed by atoms with E-state index >= 15 is 0 Å². The topological polar surface area (TPSA) is 95.9 Å². The van der Waals surface area contributed by atoms with E-state index in [2.05, 4.69) is 20.4 Å². The van der Waals surface area contributed by atoms with Crippen molar-refractivity contribution in [3.63, 3.8) is 0 Å². The molecular formula is C23H20N6O2. The average Bonchev–Trinajstić information content (AvgIpc) is 3.54. The predicted molar refractivity (Wildman–Crippen MR) is 114 cm³/mol. The summed E-state index contributed by atoms with van der Waals surface area (Å²) in [6.45, 7) is 0.473. The van der Waals surface area contributed by atoms with Crippen molar-refractivity contribution in [2.24, 2.45) is 7.05 Å². The molecule has 1 spiro atoms. The molecule has 1 fully saturated rings. The highest BCUT2D eigenvalue weighted by atomic mass is 16.2. The summed E-state index contributed by atoms with van der Waals surface area (Å²) in [7, 11) is 1.84. The summed E-state index contributed by atoms with van der Waals surface area (Å²) >= 11 is 0. The fourth-order valence-corrected chi connectivity index (χ4v) is 5.18. The third-order valence-electron chi connectivity index (χ3n) is 6.56. The molecular weight excluding hydrogens is 392 g/mol. The molecule has 0 radical (unpaired) electrons. The number of rotatable bonds is 2. The molecule has 8 nitrogen and oxygen atoms in total. The lowest BCUT2D eigenvalue weighted by atomic mass is 9.73. The minimum atomic E-state index is -0.840. The van der Waals surface area contributed by atoms with Gasteiger partial charge in [0.25, 0.3) is 5.91 Å². The number of hydrogen-bond donors (Lipinski definition) is 2. The van der Waals surface area contributed by atoms with Gasteiger partial charge < -0.3 is 15.2 Å². The highest BCUT2D eigenvalue weighted by molar-refractivity contribution is 6.08. The molecule has 31 heavy (non-hydrogen) atoms. The second kappa shape index (κ2) is 6.28. The van der Waals surface area contributed by atoms with Gasteiger partial charge in [-0.1, -0.05) is 18.2 Å². The fourth-order valence-electron chi connectivity index (χ4n) is 5.18. The summed E-state index contributed by atoms with van der Waals surface area (Å²) in [6, 6.07) is 12.8. The molecule has 154 valence electrons. The van der Waals surface area contributed by atoms with Crippen LogP contribution in [0, 0.1) is 0 Å². The van der Waals surface area contributed by atoms with E-state index in [0.29, 0.717) is 18.5 Å². The molecule has 2 aliphatic heterocycles. The lowest BCUT2D eigenvalue weighted by molar-refractivity contribution is -0.121. The third-order valence-corrected chi connectivity index (χ3v) is 6.56. The Kier molecular flexibility index (Phi) is 3.62. The van der Waals surface area contributed by atoms with Crippen molar-refractivity contribution in [2.75, 3.05) is 11.9 Å². The Morgan fingerprint density at radius 3 is 2.94 bits per heavy atom. The largest absolute Gasteiger partial charge is 0.345 e. The first kappa shape index (κ1) is 17.9. The van der Waals surface area contributed by atoms with Crippen LogP contribution in [0.5, 0.6) is 0 Å². The standard InChI is InChI=1S/C23H20N6O2/c1-28-12-15(11-26-28)20-23(16-4-2-3-5-17(16)27-22(23)31)8-9-29(20)21(30)14-6-7-18-19(10-14)25-13-24-18/h2-7,10-13,20H,8-9H2,1H3,(H,24,25)(H,27,31)/t20-,23+/m0/s1. The monoisotopic (exact) mass is 412 g/mol. The van der Waals surface area contributed by atoms with E-state index in [0.717, 1.165) is 27.8 Å². The van der Waals surface area contributed by atoms with Crippen LogP contribution in [0.15, 0.2) is 61.2 Å². The van der Waals surface area contributed by atoms with Gasteiger partial charge in [-0.25, -0.2) is 4.98 Å². The molecule has 0 unspecified atom stereocenters. The SMILES string of the molecule is Cn1cc([C@@H]2N(C(=O)c3ccc4nc[nH]c4c3)CC[C@]23C(=O)Nc2ccccc23)cn1. The van der Waals surface area contributed by atoms with Gasteiger partial charge in [0, 0.05) is 36.6 Å². The third kappa shape index (κ3) is 2.41. The highest BCUT2D eigenvalue weighted by Gasteiger charge is 2.59. The Bertz CT molecular complexity index is 1350. The zero-order chi connectivity index (χ0) is 21.2. The normalized spacial score (nSPS) is 22.3. The maximum atomic E-state index is 13.7. The first-order chi connectivity index (χ1) is 15.1. The molecule has 4 heterocycles. The van der Waals surface area contributed by atoms with Crippen LogP contribution in [0.4, 0.5) is 5.69 Å². The lowest BCUT2D eigenvalue weighted by Crippen LogP contribution is -2.42. The Hall–Kier alpha value is -3.94. The highest BCUT2D eigenvalue weighted by Crippen LogP contribution is 2.54. The van der Waals surface area contributed by atoms with Crippen molar-refractivity contribution >= 4 is 28.5 Å². The molecule has 2 atom stereocenters. The Morgan fingerprint density at radius 1 is 1.23 bits per heavy atom. The summed E-state index contributed by atoms with van der Waals surface area (Å²) in [5.74, 6) is -0.179. The number of hydrogen-bond acceptors (Lipinski definition) is 4. The number of fused-ring (bicyclic) bond motifs is 3. The quantitative estimate of drug-likeness (QED) is 0.529. The van der Waals surface area contributed by atoms with Gasteiger partial charge in [-0.3, -0.25) is 14.3 Å². The van der Waals surface area contributed by atoms with E-state index in [9.17, 15) is 9.59 Å². The number of amides is 2. The molecule has 2 aliphatic rings. The number of aromatic amines is 1. The van der Waals surface area contributed by atoms with Gasteiger partial charge in [-0.05, 0) is 36.2 Å². The van der Waals surface area contributed by atoms with Crippen LogP contribution >= 0.6 is 0 Å². The number of imidazole rings is 1. The lowest BCUT2D eigenvalue weighted by Gasteiger charge is -2.33. The van der Waals surface area contributed by atoms with Crippen molar-refractivity contribution in [1.29, 1.82) is 0 Å². The van der Waals surface area contributed by atoms with Crippen LogP contribution in [0.25, 0.3) is 11.0 Å². The first-order valence-electron chi connectivity index (χ1n) is 10.2. The fraction of sp³-hybridized carbons (Fsp3) is 0.217. The molecule has 0 aliphatic carbocycles. The number of anilines is 1. The Labute approximate surface area is 177 Å². The smallest absolute Gasteiger partial charge is 0.254 e. The first-order valence-corrected chi connectivity index (χ1v) is 10.2. The zero-order valence-corrected chi connectivity index (χ0v) is 16.9. The van der Waals surface area contributed by atoms with Crippen LogP contribution in [-0.4, -0.2) is 43.0 Å². The van der Waals surface area contributed by atoms with Gasteiger partial charge in [-0.15, -0.1) is 0 Å². The summed E-state index contributed by atoms with van der Waals surface area (Å²) in [4.78, 5) is 36.2. The van der Waals surface area contributed by atoms with Gasteiger partial charge in [0.15, 0.2) is 0 Å². The summed E-state index contributed by atoms with van der Waals surface area (Å²) < 4.78 is 1.71. The number of nitrogens with zero attached hydrogens (tertiary/aromatic N) is 4. The molecule has 2 aromatic heterocycles. The number of benzene rings is 2. The van der Waals surface area contributed by atoms with E-state index in [4.69, 9.17) is 0 Å². The molecule has 0 saturated carbocycles. The maximum absolute atomic E-state index is 13.7. The molecule has 2 amide bonds. The van der Waals surface area contributed by atoms with Crippen LogP contribution < -0.4 is 5.32 Å². The zero-order valence-electron chi connectivity index (χ0n) is 16.9. The molecule has 0 bridgehead atoms. The molecule has 8 heteroatoms. The number of para-hydroxylation sites is 1. The summed E-state index contributed by atoms with van der Waals surface area (Å²) in [6.07, 6.45) is 5.81. The van der Waals surface area contributed by atoms with Gasteiger partial charge in [0.1, 0.15) is 5.41 Å². The number of H-pyrrole nitrogens is 1. The molecule has 2 N–H and O–H groups in total. The molecule has 6 rings (SSSR count). The molecule has 4 aromatic rings. The van der Waals surface area contributed by atoms with Gasteiger partial charge in [0.2, 0.25) is 5.91 Å². The predicted octanol–water partition coefficient (Wildman–Crippen LogP) is 2.77. The van der Waals surface area contributed by atoms with Crippen LogP contribution in [-0.2, 0) is 17.3 Å². The Morgan fingerprint density at radius 2 is 2.10 bits per heavy atom. The molecule has 2 aromatic carbocycles. The number of carbonyl (C=O) groups is 2. The Balaban J connectivity index is 1.50. The van der Waals surface area contributed by atoms with Gasteiger partial charge in [-0.2, -0.15) is 5.10 Å². The minimum Gasteiger partial charge on any atom is -0.345 e. The van der Waals surface area contributed by atoms with Crippen LogP contribution in [0.2, 0.25) is 0 Å². The summed E-state index contributed by atoms with van der Waals surface area (Å²) in [5.41, 5.74) is 3.94.